The second-order valence-electron chi connectivity index (χ2n) is 3.85. The molecule has 6 heteroatoms. The smallest absolute Gasteiger partial charge is 0.212 e. The SMILES string of the molecule is Fc1ccc(Cn2ncc3ncc(Br)cc32)cn1. The number of fused-ring (bicyclic) bond motifs is 1. The van der Waals surface area contributed by atoms with Crippen LogP contribution in [-0.4, -0.2) is 19.7 Å². The van der Waals surface area contributed by atoms with Gasteiger partial charge in [-0.3, -0.25) is 9.67 Å². The molecule has 0 aliphatic rings. The molecule has 0 saturated carbocycles. The van der Waals surface area contributed by atoms with Crippen LogP contribution < -0.4 is 0 Å². The maximum atomic E-state index is 12.7. The first-order chi connectivity index (χ1) is 8.72. The highest BCUT2D eigenvalue weighted by Gasteiger charge is 2.05. The zero-order valence-corrected chi connectivity index (χ0v) is 10.8. The van der Waals surface area contributed by atoms with Crippen LogP contribution in [0.2, 0.25) is 0 Å². The first-order valence-corrected chi connectivity index (χ1v) is 6.09. The van der Waals surface area contributed by atoms with Crippen LogP contribution >= 0.6 is 15.9 Å². The third kappa shape index (κ3) is 2.11. The molecule has 0 radical (unpaired) electrons. The number of nitrogens with zero attached hydrogens (tertiary/aromatic N) is 4. The minimum atomic E-state index is -0.478. The van der Waals surface area contributed by atoms with E-state index in [1.54, 1.807) is 18.5 Å². The zero-order valence-electron chi connectivity index (χ0n) is 9.22. The number of aromatic nitrogens is 4. The fourth-order valence-electron chi connectivity index (χ4n) is 1.73. The van der Waals surface area contributed by atoms with Gasteiger partial charge in [-0.1, -0.05) is 6.07 Å². The molecule has 90 valence electrons. The molecule has 0 fully saturated rings. The molecule has 0 saturated heterocycles. The van der Waals surface area contributed by atoms with E-state index in [9.17, 15) is 4.39 Å². The highest BCUT2D eigenvalue weighted by atomic mass is 79.9. The third-order valence-corrected chi connectivity index (χ3v) is 3.02. The van der Waals surface area contributed by atoms with Crippen molar-refractivity contribution in [2.75, 3.05) is 0 Å². The van der Waals surface area contributed by atoms with Crippen LogP contribution in [0.4, 0.5) is 4.39 Å². The van der Waals surface area contributed by atoms with Crippen LogP contribution in [0.15, 0.2) is 41.3 Å². The Labute approximate surface area is 111 Å². The minimum Gasteiger partial charge on any atom is -0.259 e. The Morgan fingerprint density at radius 3 is 2.83 bits per heavy atom. The molecule has 4 nitrogen and oxygen atoms in total. The van der Waals surface area contributed by atoms with E-state index in [-0.39, 0.29) is 0 Å². The average Bonchev–Trinajstić information content (AvgIpc) is 2.75. The highest BCUT2D eigenvalue weighted by molar-refractivity contribution is 9.10. The summed E-state index contributed by atoms with van der Waals surface area (Å²) >= 11 is 3.38. The number of halogens is 2. The van der Waals surface area contributed by atoms with E-state index >= 15 is 0 Å². The van der Waals surface area contributed by atoms with Crippen molar-refractivity contribution in [1.29, 1.82) is 0 Å². The Kier molecular flexibility index (Phi) is 2.79. The Morgan fingerprint density at radius 2 is 2.06 bits per heavy atom. The summed E-state index contributed by atoms with van der Waals surface area (Å²) in [6.07, 6.45) is 4.95. The third-order valence-electron chi connectivity index (χ3n) is 2.58. The van der Waals surface area contributed by atoms with Crippen molar-refractivity contribution in [2.24, 2.45) is 0 Å². The molecular weight excluding hydrogens is 299 g/mol. The van der Waals surface area contributed by atoms with Crippen molar-refractivity contribution in [3.63, 3.8) is 0 Å². The first kappa shape index (κ1) is 11.3. The maximum absolute atomic E-state index is 12.7. The molecular formula is C12H8BrFN4. The molecule has 0 aliphatic heterocycles. The largest absolute Gasteiger partial charge is 0.259 e. The molecule has 3 heterocycles. The quantitative estimate of drug-likeness (QED) is 0.684. The van der Waals surface area contributed by atoms with Crippen molar-refractivity contribution in [2.45, 2.75) is 6.54 Å². The van der Waals surface area contributed by atoms with Gasteiger partial charge in [0.05, 0.1) is 18.3 Å². The van der Waals surface area contributed by atoms with Crippen molar-refractivity contribution >= 4 is 27.0 Å². The molecule has 0 bridgehead atoms. The maximum Gasteiger partial charge on any atom is 0.212 e. The highest BCUT2D eigenvalue weighted by Crippen LogP contribution is 2.17. The van der Waals surface area contributed by atoms with Crippen molar-refractivity contribution < 1.29 is 4.39 Å². The topological polar surface area (TPSA) is 43.6 Å². The lowest BCUT2D eigenvalue weighted by atomic mass is 10.3. The lowest BCUT2D eigenvalue weighted by Crippen LogP contribution is -2.02. The fourth-order valence-corrected chi connectivity index (χ4v) is 2.05. The molecule has 18 heavy (non-hydrogen) atoms. The van der Waals surface area contributed by atoms with Gasteiger partial charge in [0.15, 0.2) is 0 Å². The molecule has 3 aromatic rings. The zero-order chi connectivity index (χ0) is 12.5. The molecule has 3 rings (SSSR count). The van der Waals surface area contributed by atoms with E-state index in [1.165, 1.54) is 12.3 Å². The Morgan fingerprint density at radius 1 is 1.17 bits per heavy atom. The number of hydrogen-bond donors (Lipinski definition) is 0. The molecule has 0 N–H and O–H groups in total. The second-order valence-corrected chi connectivity index (χ2v) is 4.76. The molecule has 0 spiro atoms. The van der Waals surface area contributed by atoms with Crippen LogP contribution in [0.25, 0.3) is 11.0 Å². The molecule has 0 aromatic carbocycles. The lowest BCUT2D eigenvalue weighted by molar-refractivity contribution is 0.580. The van der Waals surface area contributed by atoms with Gasteiger partial charge in [0, 0.05) is 16.9 Å². The van der Waals surface area contributed by atoms with Crippen molar-refractivity contribution in [1.82, 2.24) is 19.7 Å². The predicted molar refractivity (Wildman–Crippen MR) is 68.5 cm³/mol. The lowest BCUT2D eigenvalue weighted by Gasteiger charge is -2.03. The number of rotatable bonds is 2. The normalized spacial score (nSPS) is 11.0. The predicted octanol–water partition coefficient (Wildman–Crippen LogP) is 2.78. The summed E-state index contributed by atoms with van der Waals surface area (Å²) < 4.78 is 15.4. The van der Waals surface area contributed by atoms with E-state index in [0.29, 0.717) is 6.54 Å². The van der Waals surface area contributed by atoms with Crippen LogP contribution in [-0.2, 0) is 6.54 Å². The monoisotopic (exact) mass is 306 g/mol. The van der Waals surface area contributed by atoms with Crippen LogP contribution in [0.1, 0.15) is 5.56 Å². The number of hydrogen-bond acceptors (Lipinski definition) is 3. The molecule has 0 aliphatic carbocycles. The summed E-state index contributed by atoms with van der Waals surface area (Å²) in [4.78, 5) is 7.88. The van der Waals surface area contributed by atoms with Crippen molar-refractivity contribution in [3.05, 3.63) is 52.8 Å². The minimum absolute atomic E-state index is 0.478. The average molecular weight is 307 g/mol. The summed E-state index contributed by atoms with van der Waals surface area (Å²) in [5.74, 6) is -0.478. The Hall–Kier alpha value is -1.82. The Balaban J connectivity index is 1.99. The van der Waals surface area contributed by atoms with Gasteiger partial charge >= 0.3 is 0 Å². The van der Waals surface area contributed by atoms with Gasteiger partial charge in [0.25, 0.3) is 0 Å². The Bertz CT molecular complexity index is 693. The molecule has 0 atom stereocenters. The van der Waals surface area contributed by atoms with E-state index < -0.39 is 5.95 Å². The van der Waals surface area contributed by atoms with Gasteiger partial charge in [-0.2, -0.15) is 9.49 Å². The standard InChI is InChI=1S/C12H8BrFN4/c13-9-3-11-10(15-5-9)6-17-18(11)7-8-1-2-12(14)16-4-8/h1-6H,7H2. The second kappa shape index (κ2) is 4.45. The summed E-state index contributed by atoms with van der Waals surface area (Å²) in [6, 6.07) is 4.99. The van der Waals surface area contributed by atoms with E-state index in [2.05, 4.69) is 31.0 Å². The summed E-state index contributed by atoms with van der Waals surface area (Å²) in [7, 11) is 0. The molecule has 0 unspecified atom stereocenters. The van der Waals surface area contributed by atoms with Crippen molar-refractivity contribution in [3.8, 4) is 0 Å². The van der Waals surface area contributed by atoms with Gasteiger partial charge in [-0.25, -0.2) is 4.98 Å². The van der Waals surface area contributed by atoms with Gasteiger partial charge in [0.2, 0.25) is 5.95 Å². The van der Waals surface area contributed by atoms with E-state index in [4.69, 9.17) is 0 Å². The van der Waals surface area contributed by atoms with Crippen LogP contribution in [0.5, 0.6) is 0 Å². The molecule has 0 amide bonds. The summed E-state index contributed by atoms with van der Waals surface area (Å²) in [5, 5.41) is 4.27. The van der Waals surface area contributed by atoms with Crippen LogP contribution in [0, 0.1) is 5.95 Å². The van der Waals surface area contributed by atoms with Crippen LogP contribution in [0.3, 0.4) is 0 Å². The summed E-state index contributed by atoms with van der Waals surface area (Å²) in [5.41, 5.74) is 2.64. The molecule has 3 aromatic heterocycles. The first-order valence-electron chi connectivity index (χ1n) is 5.30. The van der Waals surface area contributed by atoms with Gasteiger partial charge in [0.1, 0.15) is 5.52 Å². The fraction of sp³-hybridized carbons (Fsp3) is 0.0833. The van der Waals surface area contributed by atoms with Gasteiger partial charge in [-0.15, -0.1) is 0 Å². The van der Waals surface area contributed by atoms with Gasteiger partial charge in [-0.05, 0) is 33.6 Å². The van der Waals surface area contributed by atoms with Gasteiger partial charge < -0.3 is 0 Å². The van der Waals surface area contributed by atoms with E-state index in [0.717, 1.165) is 21.1 Å². The van der Waals surface area contributed by atoms with E-state index in [1.807, 2.05) is 10.7 Å². The number of pyridine rings is 2. The summed E-state index contributed by atoms with van der Waals surface area (Å²) in [6.45, 7) is 0.537.